The molecule has 0 fully saturated rings. The van der Waals surface area contributed by atoms with Crippen molar-refractivity contribution in [2.45, 2.75) is 13.0 Å². The Labute approximate surface area is 140 Å². The van der Waals surface area contributed by atoms with Gasteiger partial charge in [0.15, 0.2) is 0 Å². The molecule has 1 aromatic heterocycles. The molecule has 2 nitrogen and oxygen atoms in total. The highest BCUT2D eigenvalue weighted by atomic mass is 79.9. The highest BCUT2D eigenvalue weighted by Gasteiger charge is 2.11. The van der Waals surface area contributed by atoms with Gasteiger partial charge in [-0.25, -0.2) is 0 Å². The highest BCUT2D eigenvalue weighted by Crippen LogP contribution is 2.31. The Morgan fingerprint density at radius 1 is 1.10 bits per heavy atom. The number of nitrogens with zero attached hydrogens (tertiary/aromatic N) is 1. The molecule has 3 rings (SSSR count). The average Bonchev–Trinajstić information content (AvgIpc) is 2.47. The van der Waals surface area contributed by atoms with E-state index in [0.717, 1.165) is 20.0 Å². The van der Waals surface area contributed by atoms with Gasteiger partial charge in [-0.3, -0.25) is 4.98 Å². The van der Waals surface area contributed by atoms with E-state index in [-0.39, 0.29) is 6.04 Å². The van der Waals surface area contributed by atoms with Crippen molar-refractivity contribution in [3.05, 3.63) is 69.4 Å². The lowest BCUT2D eigenvalue weighted by Gasteiger charge is -2.18. The summed E-state index contributed by atoms with van der Waals surface area (Å²) in [4.78, 5) is 4.23. The summed E-state index contributed by atoms with van der Waals surface area (Å²) in [5.41, 5.74) is 2.32. The zero-order chi connectivity index (χ0) is 14.8. The zero-order valence-electron chi connectivity index (χ0n) is 11.5. The molecule has 0 aliphatic carbocycles. The molecule has 3 aromatic rings. The molecule has 0 saturated heterocycles. The van der Waals surface area contributed by atoms with Crippen LogP contribution in [0.3, 0.4) is 0 Å². The lowest BCUT2D eigenvalue weighted by atomic mass is 10.1. The summed E-state index contributed by atoms with van der Waals surface area (Å²) in [5, 5.41) is 5.91. The molecule has 0 spiro atoms. The lowest BCUT2D eigenvalue weighted by molar-refractivity contribution is 0.880. The largest absolute Gasteiger partial charge is 0.378 e. The van der Waals surface area contributed by atoms with Gasteiger partial charge in [-0.15, -0.1) is 0 Å². The first-order chi connectivity index (χ1) is 10.1. The van der Waals surface area contributed by atoms with Gasteiger partial charge in [0, 0.05) is 38.5 Å². The number of aromatic nitrogens is 1. The van der Waals surface area contributed by atoms with E-state index in [1.54, 1.807) is 0 Å². The maximum Gasteiger partial charge on any atom is 0.0497 e. The van der Waals surface area contributed by atoms with E-state index in [1.165, 1.54) is 10.9 Å². The number of benzene rings is 2. The summed E-state index contributed by atoms with van der Waals surface area (Å²) in [7, 11) is 0. The predicted octanol–water partition coefficient (Wildman–Crippen LogP) is 5.93. The van der Waals surface area contributed by atoms with Crippen molar-refractivity contribution in [2.75, 3.05) is 5.32 Å². The van der Waals surface area contributed by atoms with E-state index in [2.05, 4.69) is 85.5 Å². The molecule has 1 N–H and O–H groups in total. The van der Waals surface area contributed by atoms with Crippen LogP contribution in [0.5, 0.6) is 0 Å². The molecule has 4 heteroatoms. The fraction of sp³-hybridized carbons (Fsp3) is 0.118. The molecule has 0 aliphatic heterocycles. The third-order valence-electron chi connectivity index (χ3n) is 3.48. The first-order valence-corrected chi connectivity index (χ1v) is 8.28. The Bertz CT molecular complexity index is 781. The monoisotopic (exact) mass is 404 g/mol. The highest BCUT2D eigenvalue weighted by molar-refractivity contribution is 9.11. The lowest BCUT2D eigenvalue weighted by Crippen LogP contribution is -2.07. The van der Waals surface area contributed by atoms with Crippen molar-refractivity contribution >= 4 is 48.3 Å². The van der Waals surface area contributed by atoms with Crippen LogP contribution in [0, 0.1) is 0 Å². The Morgan fingerprint density at radius 3 is 2.76 bits per heavy atom. The summed E-state index contributed by atoms with van der Waals surface area (Å²) in [6.45, 7) is 2.16. The van der Waals surface area contributed by atoms with E-state index >= 15 is 0 Å². The number of hydrogen-bond donors (Lipinski definition) is 1. The number of rotatable bonds is 3. The van der Waals surface area contributed by atoms with Crippen LogP contribution in [0.4, 0.5) is 5.69 Å². The van der Waals surface area contributed by atoms with E-state index in [9.17, 15) is 0 Å². The summed E-state index contributed by atoms with van der Waals surface area (Å²) >= 11 is 7.11. The van der Waals surface area contributed by atoms with Crippen molar-refractivity contribution in [3.8, 4) is 0 Å². The van der Waals surface area contributed by atoms with E-state index in [4.69, 9.17) is 0 Å². The maximum atomic E-state index is 4.23. The third-order valence-corrected chi connectivity index (χ3v) is 4.66. The number of hydrogen-bond acceptors (Lipinski definition) is 2. The van der Waals surface area contributed by atoms with Crippen LogP contribution in [0.15, 0.2) is 63.8 Å². The minimum atomic E-state index is 0.193. The second-order valence-electron chi connectivity index (χ2n) is 4.93. The molecule has 0 saturated carbocycles. The van der Waals surface area contributed by atoms with Gasteiger partial charge in [0.2, 0.25) is 0 Å². The van der Waals surface area contributed by atoms with E-state index in [1.807, 2.05) is 18.5 Å². The molecule has 1 unspecified atom stereocenters. The Balaban J connectivity index is 1.94. The van der Waals surface area contributed by atoms with Gasteiger partial charge >= 0.3 is 0 Å². The molecule has 0 bridgehead atoms. The molecule has 1 heterocycles. The van der Waals surface area contributed by atoms with Gasteiger partial charge in [0.05, 0.1) is 0 Å². The fourth-order valence-corrected chi connectivity index (χ4v) is 3.79. The van der Waals surface area contributed by atoms with E-state index in [0.29, 0.717) is 0 Å². The van der Waals surface area contributed by atoms with Crippen LogP contribution in [0.1, 0.15) is 18.5 Å². The molecule has 106 valence electrons. The van der Waals surface area contributed by atoms with Gasteiger partial charge in [-0.05, 0) is 42.1 Å². The van der Waals surface area contributed by atoms with Crippen LogP contribution >= 0.6 is 31.9 Å². The number of halogens is 2. The van der Waals surface area contributed by atoms with Crippen molar-refractivity contribution < 1.29 is 0 Å². The van der Waals surface area contributed by atoms with Gasteiger partial charge in [-0.2, -0.15) is 0 Å². The number of pyridine rings is 1. The zero-order valence-corrected chi connectivity index (χ0v) is 14.6. The number of anilines is 1. The molecular formula is C17H14Br2N2. The second kappa shape index (κ2) is 6.16. The molecular weight excluding hydrogens is 392 g/mol. The first kappa shape index (κ1) is 14.5. The normalized spacial score (nSPS) is 12.3. The molecule has 1 atom stereocenters. The van der Waals surface area contributed by atoms with Gasteiger partial charge in [-0.1, -0.05) is 50.1 Å². The number of nitrogens with one attached hydrogen (secondary N) is 1. The minimum Gasteiger partial charge on any atom is -0.378 e. The van der Waals surface area contributed by atoms with Crippen molar-refractivity contribution in [3.63, 3.8) is 0 Å². The Hall–Kier alpha value is -1.39. The van der Waals surface area contributed by atoms with Crippen molar-refractivity contribution in [2.24, 2.45) is 0 Å². The van der Waals surface area contributed by atoms with Gasteiger partial charge in [0.25, 0.3) is 0 Å². The predicted molar refractivity (Wildman–Crippen MR) is 95.6 cm³/mol. The topological polar surface area (TPSA) is 24.9 Å². The second-order valence-corrected chi connectivity index (χ2v) is 6.70. The average molecular weight is 406 g/mol. The van der Waals surface area contributed by atoms with Crippen LogP contribution in [0.2, 0.25) is 0 Å². The molecule has 0 radical (unpaired) electrons. The van der Waals surface area contributed by atoms with Crippen molar-refractivity contribution in [1.82, 2.24) is 4.98 Å². The molecule has 0 amide bonds. The minimum absolute atomic E-state index is 0.193. The first-order valence-electron chi connectivity index (χ1n) is 6.69. The van der Waals surface area contributed by atoms with Crippen LogP contribution in [-0.2, 0) is 0 Å². The molecule has 21 heavy (non-hydrogen) atoms. The van der Waals surface area contributed by atoms with Gasteiger partial charge in [0.1, 0.15) is 0 Å². The van der Waals surface area contributed by atoms with E-state index < -0.39 is 0 Å². The van der Waals surface area contributed by atoms with Crippen molar-refractivity contribution in [1.29, 1.82) is 0 Å². The summed E-state index contributed by atoms with van der Waals surface area (Å²) in [6, 6.07) is 14.7. The fourth-order valence-electron chi connectivity index (χ4n) is 2.40. The Morgan fingerprint density at radius 2 is 1.95 bits per heavy atom. The SMILES string of the molecule is CC(Nc1cccc2ccncc12)c1ccc(Br)cc1Br. The summed E-state index contributed by atoms with van der Waals surface area (Å²) in [6.07, 6.45) is 3.72. The number of fused-ring (bicyclic) bond motifs is 1. The summed E-state index contributed by atoms with van der Waals surface area (Å²) in [5.74, 6) is 0. The van der Waals surface area contributed by atoms with Crippen LogP contribution in [-0.4, -0.2) is 4.98 Å². The Kier molecular flexibility index (Phi) is 4.27. The molecule has 2 aromatic carbocycles. The van der Waals surface area contributed by atoms with Gasteiger partial charge < -0.3 is 5.32 Å². The van der Waals surface area contributed by atoms with Crippen LogP contribution < -0.4 is 5.32 Å². The maximum absolute atomic E-state index is 4.23. The quantitative estimate of drug-likeness (QED) is 0.583. The smallest absolute Gasteiger partial charge is 0.0497 e. The molecule has 0 aliphatic rings. The van der Waals surface area contributed by atoms with Crippen LogP contribution in [0.25, 0.3) is 10.8 Å². The third kappa shape index (κ3) is 3.11. The summed E-state index contributed by atoms with van der Waals surface area (Å²) < 4.78 is 2.16. The standard InChI is InChI=1S/C17H14Br2N2/c1-11(14-6-5-13(18)9-16(14)19)21-17-4-2-3-12-7-8-20-10-15(12)17/h2-11,21H,1H3.